The van der Waals surface area contributed by atoms with E-state index in [4.69, 9.17) is 4.43 Å². The Labute approximate surface area is 131 Å². The van der Waals surface area contributed by atoms with Gasteiger partial charge in [0.2, 0.25) is 0 Å². The summed E-state index contributed by atoms with van der Waals surface area (Å²) in [5, 5.41) is 0. The van der Waals surface area contributed by atoms with Crippen LogP contribution in [-0.2, 0) is 4.43 Å². The van der Waals surface area contributed by atoms with E-state index >= 15 is 0 Å². The molecular weight excluding hydrogens is 330 g/mol. The van der Waals surface area contributed by atoms with Gasteiger partial charge in [0.05, 0.1) is 0 Å². The van der Waals surface area contributed by atoms with Crippen molar-refractivity contribution in [1.82, 2.24) is 4.98 Å². The summed E-state index contributed by atoms with van der Waals surface area (Å²) < 4.78 is 7.42. The average molecular weight is 352 g/mol. The molecule has 0 bridgehead atoms. The zero-order chi connectivity index (χ0) is 14.6. The van der Waals surface area contributed by atoms with Crippen LogP contribution >= 0.6 is 15.9 Å². The Hall–Kier alpha value is -0.633. The number of halogens is 1. The van der Waals surface area contributed by atoms with Gasteiger partial charge in [0, 0.05) is 10.7 Å². The Morgan fingerprint density at radius 1 is 1.20 bits per heavy atom. The van der Waals surface area contributed by atoms with Crippen LogP contribution in [0.2, 0.25) is 19.6 Å². The van der Waals surface area contributed by atoms with Gasteiger partial charge in [-0.1, -0.05) is 12.3 Å². The molecule has 1 heterocycles. The number of pyridine rings is 1. The summed E-state index contributed by atoms with van der Waals surface area (Å²) in [6, 6.07) is 3.92. The van der Waals surface area contributed by atoms with E-state index in [1.807, 2.05) is 12.1 Å². The first kappa shape index (κ1) is 15.8. The largest absolute Gasteiger partial charge is 0.402 e. The SMILES string of the molecule is C[Si](C)(C)OC1(C#Cc2ccc(Br)cn2)CCCCC1. The third kappa shape index (κ3) is 4.73. The van der Waals surface area contributed by atoms with Gasteiger partial charge in [-0.15, -0.1) is 0 Å². The maximum Gasteiger partial charge on any atom is 0.185 e. The highest BCUT2D eigenvalue weighted by molar-refractivity contribution is 9.10. The number of hydrogen-bond acceptors (Lipinski definition) is 2. The van der Waals surface area contributed by atoms with Crippen molar-refractivity contribution in [3.63, 3.8) is 0 Å². The predicted octanol–water partition coefficient (Wildman–Crippen LogP) is 4.75. The van der Waals surface area contributed by atoms with E-state index in [9.17, 15) is 0 Å². The summed E-state index contributed by atoms with van der Waals surface area (Å²) in [7, 11) is -1.59. The molecule has 0 N–H and O–H groups in total. The average Bonchev–Trinajstić information content (AvgIpc) is 2.37. The normalized spacial score (nSPS) is 18.2. The Morgan fingerprint density at radius 2 is 1.90 bits per heavy atom. The monoisotopic (exact) mass is 351 g/mol. The van der Waals surface area contributed by atoms with Crippen LogP contribution < -0.4 is 0 Å². The molecule has 0 atom stereocenters. The van der Waals surface area contributed by atoms with Gasteiger partial charge in [-0.3, -0.25) is 0 Å². The van der Waals surface area contributed by atoms with Crippen molar-refractivity contribution in [3.05, 3.63) is 28.5 Å². The lowest BCUT2D eigenvalue weighted by Crippen LogP contribution is -2.43. The molecule has 1 aromatic rings. The molecular formula is C16H22BrNOSi. The summed E-state index contributed by atoms with van der Waals surface area (Å²) in [6.45, 7) is 6.72. The highest BCUT2D eigenvalue weighted by Crippen LogP contribution is 2.33. The van der Waals surface area contributed by atoms with Crippen LogP contribution in [0, 0.1) is 11.8 Å². The molecule has 2 nitrogen and oxygen atoms in total. The van der Waals surface area contributed by atoms with Gasteiger partial charge in [-0.05, 0) is 79.3 Å². The summed E-state index contributed by atoms with van der Waals surface area (Å²) in [4.78, 5) is 4.33. The number of aromatic nitrogens is 1. The summed E-state index contributed by atoms with van der Waals surface area (Å²) >= 11 is 3.39. The zero-order valence-corrected chi connectivity index (χ0v) is 15.1. The standard InChI is InChI=1S/C16H22BrNOSi/c1-20(2,3)19-16(10-5-4-6-11-16)12-9-15-8-7-14(17)13-18-15/h7-8,13H,4-6,10-11H2,1-3H3. The molecule has 0 amide bonds. The van der Waals surface area contributed by atoms with E-state index < -0.39 is 8.32 Å². The summed E-state index contributed by atoms with van der Waals surface area (Å²) in [6.07, 6.45) is 7.63. The third-order valence-corrected chi connectivity index (χ3v) is 4.78. The first-order chi connectivity index (χ1) is 9.39. The Morgan fingerprint density at radius 3 is 2.45 bits per heavy atom. The number of hydrogen-bond donors (Lipinski definition) is 0. The van der Waals surface area contributed by atoms with Crippen molar-refractivity contribution in [2.75, 3.05) is 0 Å². The first-order valence-electron chi connectivity index (χ1n) is 7.24. The highest BCUT2D eigenvalue weighted by Gasteiger charge is 2.35. The van der Waals surface area contributed by atoms with Crippen LogP contribution in [0.1, 0.15) is 37.8 Å². The molecule has 1 aliphatic rings. The van der Waals surface area contributed by atoms with Crippen LogP contribution in [0.4, 0.5) is 0 Å². The van der Waals surface area contributed by atoms with Gasteiger partial charge < -0.3 is 4.43 Å². The van der Waals surface area contributed by atoms with Crippen LogP contribution in [0.25, 0.3) is 0 Å². The molecule has 1 fully saturated rings. The molecule has 20 heavy (non-hydrogen) atoms. The van der Waals surface area contributed by atoms with E-state index in [1.165, 1.54) is 19.3 Å². The smallest absolute Gasteiger partial charge is 0.185 e. The van der Waals surface area contributed by atoms with Crippen molar-refractivity contribution < 1.29 is 4.43 Å². The van der Waals surface area contributed by atoms with Gasteiger partial charge >= 0.3 is 0 Å². The van der Waals surface area contributed by atoms with Crippen LogP contribution in [-0.4, -0.2) is 18.9 Å². The minimum absolute atomic E-state index is 0.239. The topological polar surface area (TPSA) is 22.1 Å². The number of rotatable bonds is 2. The van der Waals surface area contributed by atoms with E-state index in [-0.39, 0.29) is 5.60 Å². The van der Waals surface area contributed by atoms with Crippen LogP contribution in [0.3, 0.4) is 0 Å². The van der Waals surface area contributed by atoms with Gasteiger partial charge in [-0.25, -0.2) is 4.98 Å². The van der Waals surface area contributed by atoms with Gasteiger partial charge in [0.1, 0.15) is 11.3 Å². The van der Waals surface area contributed by atoms with Gasteiger partial charge in [0.25, 0.3) is 0 Å². The quantitative estimate of drug-likeness (QED) is 0.566. The second-order valence-electron chi connectivity index (χ2n) is 6.38. The van der Waals surface area contributed by atoms with Crippen molar-refractivity contribution in [3.8, 4) is 11.8 Å². The lowest BCUT2D eigenvalue weighted by molar-refractivity contribution is 0.0796. The molecule has 0 unspecified atom stereocenters. The summed E-state index contributed by atoms with van der Waals surface area (Å²) in [5.41, 5.74) is 0.578. The van der Waals surface area contributed by atoms with Crippen molar-refractivity contribution >= 4 is 24.2 Å². The molecule has 1 saturated carbocycles. The molecule has 2 rings (SSSR count). The number of nitrogens with zero attached hydrogens (tertiary/aromatic N) is 1. The van der Waals surface area contributed by atoms with E-state index in [2.05, 4.69) is 52.4 Å². The van der Waals surface area contributed by atoms with E-state index in [0.717, 1.165) is 23.0 Å². The highest BCUT2D eigenvalue weighted by atomic mass is 79.9. The van der Waals surface area contributed by atoms with E-state index in [0.29, 0.717) is 0 Å². The maximum absolute atomic E-state index is 6.44. The first-order valence-corrected chi connectivity index (χ1v) is 11.4. The molecule has 1 aliphatic carbocycles. The van der Waals surface area contributed by atoms with Crippen molar-refractivity contribution in [1.29, 1.82) is 0 Å². The Bertz CT molecular complexity index is 504. The van der Waals surface area contributed by atoms with Gasteiger partial charge in [0.15, 0.2) is 8.32 Å². The molecule has 4 heteroatoms. The van der Waals surface area contributed by atoms with Crippen LogP contribution in [0.5, 0.6) is 0 Å². The minimum Gasteiger partial charge on any atom is -0.402 e. The molecule has 0 aromatic carbocycles. The molecule has 0 saturated heterocycles. The second-order valence-corrected chi connectivity index (χ2v) is 11.7. The fourth-order valence-electron chi connectivity index (χ4n) is 2.59. The molecule has 1 aromatic heterocycles. The Balaban J connectivity index is 2.22. The predicted molar refractivity (Wildman–Crippen MR) is 89.1 cm³/mol. The van der Waals surface area contributed by atoms with Crippen molar-refractivity contribution in [2.24, 2.45) is 0 Å². The molecule has 108 valence electrons. The molecule has 0 radical (unpaired) electrons. The second kappa shape index (κ2) is 6.42. The fourth-order valence-corrected chi connectivity index (χ4v) is 4.25. The lowest BCUT2D eigenvalue weighted by Gasteiger charge is -2.38. The zero-order valence-electron chi connectivity index (χ0n) is 12.5. The van der Waals surface area contributed by atoms with Crippen molar-refractivity contribution in [2.45, 2.75) is 57.3 Å². The van der Waals surface area contributed by atoms with Crippen LogP contribution in [0.15, 0.2) is 22.8 Å². The van der Waals surface area contributed by atoms with E-state index in [1.54, 1.807) is 6.20 Å². The third-order valence-electron chi connectivity index (χ3n) is 3.31. The Kier molecular flexibility index (Phi) is 5.06. The molecule has 0 aliphatic heterocycles. The maximum atomic E-state index is 6.44. The lowest BCUT2D eigenvalue weighted by atomic mass is 9.85. The molecule has 0 spiro atoms. The minimum atomic E-state index is -1.59. The summed E-state index contributed by atoms with van der Waals surface area (Å²) in [5.74, 6) is 6.63. The van der Waals surface area contributed by atoms with Gasteiger partial charge in [-0.2, -0.15) is 0 Å². The fraction of sp³-hybridized carbons (Fsp3) is 0.562.